The molecule has 0 saturated carbocycles. The average molecular weight is 460 g/mol. The molecule has 0 amide bonds. The molecule has 2 N–H and O–H groups in total. The first kappa shape index (κ1) is 19.5. The number of hydrogen-bond donors (Lipinski definition) is 2. The predicted molar refractivity (Wildman–Crippen MR) is 116 cm³/mol. The number of ketones is 1. The number of carbonyl (C=O) groups is 1. The minimum atomic E-state index is -0.382. The van der Waals surface area contributed by atoms with Crippen molar-refractivity contribution in [3.63, 3.8) is 0 Å². The summed E-state index contributed by atoms with van der Waals surface area (Å²) in [4.78, 5) is 33.5. The molecule has 28 heavy (non-hydrogen) atoms. The maximum absolute atomic E-state index is 13.1. The Labute approximate surface area is 176 Å². The van der Waals surface area contributed by atoms with E-state index in [1.807, 2.05) is 24.3 Å². The smallest absolute Gasteiger partial charge is 0.257 e. The largest absolute Gasteiger partial charge is 0.343 e. The van der Waals surface area contributed by atoms with Gasteiger partial charge in [0.1, 0.15) is 5.82 Å². The minimum absolute atomic E-state index is 0.116. The SMILES string of the molecule is CC(C)CSc1nc2c(c(=O)[nH]1)[C@H](c1ccc(Br)cc1)C1=C(CCCC1=O)N2. The number of aromatic amines is 1. The van der Waals surface area contributed by atoms with Crippen molar-refractivity contribution in [1.29, 1.82) is 0 Å². The molecule has 1 aliphatic carbocycles. The molecular weight excluding hydrogens is 438 g/mol. The van der Waals surface area contributed by atoms with E-state index < -0.39 is 0 Å². The summed E-state index contributed by atoms with van der Waals surface area (Å²) in [6.07, 6.45) is 2.15. The van der Waals surface area contributed by atoms with E-state index in [0.29, 0.717) is 28.9 Å². The number of rotatable bonds is 4. The first-order valence-corrected chi connectivity index (χ1v) is 11.3. The number of halogens is 1. The molecule has 1 aromatic carbocycles. The summed E-state index contributed by atoms with van der Waals surface area (Å²) in [5, 5.41) is 3.93. The molecule has 1 atom stereocenters. The maximum atomic E-state index is 13.1. The van der Waals surface area contributed by atoms with Gasteiger partial charge >= 0.3 is 0 Å². The highest BCUT2D eigenvalue weighted by Crippen LogP contribution is 2.43. The van der Waals surface area contributed by atoms with Crippen molar-refractivity contribution in [2.24, 2.45) is 5.92 Å². The number of allylic oxidation sites excluding steroid dienone is 2. The minimum Gasteiger partial charge on any atom is -0.343 e. The monoisotopic (exact) mass is 459 g/mol. The molecule has 4 rings (SSSR count). The summed E-state index contributed by atoms with van der Waals surface area (Å²) in [5.41, 5.74) is 2.92. The van der Waals surface area contributed by atoms with E-state index in [0.717, 1.165) is 39.9 Å². The Balaban J connectivity index is 1.86. The molecule has 1 aromatic heterocycles. The first-order valence-electron chi connectivity index (χ1n) is 9.49. The Hall–Kier alpha value is -1.86. The highest BCUT2D eigenvalue weighted by atomic mass is 79.9. The van der Waals surface area contributed by atoms with Crippen LogP contribution >= 0.6 is 27.7 Å². The molecule has 0 spiro atoms. The van der Waals surface area contributed by atoms with Crippen LogP contribution in [0.1, 0.15) is 50.2 Å². The lowest BCUT2D eigenvalue weighted by Gasteiger charge is -2.32. The zero-order valence-corrected chi connectivity index (χ0v) is 18.2. The van der Waals surface area contributed by atoms with Gasteiger partial charge in [0.15, 0.2) is 10.9 Å². The normalized spacial score (nSPS) is 18.7. The van der Waals surface area contributed by atoms with Gasteiger partial charge in [0.2, 0.25) is 0 Å². The zero-order chi connectivity index (χ0) is 19.8. The molecule has 0 bridgehead atoms. The Kier molecular flexibility index (Phi) is 5.47. The zero-order valence-electron chi connectivity index (χ0n) is 15.8. The molecule has 7 heteroatoms. The van der Waals surface area contributed by atoms with Gasteiger partial charge in [0.05, 0.1) is 5.56 Å². The van der Waals surface area contributed by atoms with Crippen molar-refractivity contribution in [3.8, 4) is 0 Å². The molecule has 1 aliphatic heterocycles. The fourth-order valence-electron chi connectivity index (χ4n) is 3.74. The van der Waals surface area contributed by atoms with Crippen LogP contribution in [-0.4, -0.2) is 21.5 Å². The number of Topliss-reactive ketones (excluding diaryl/α,β-unsaturated/α-hetero) is 1. The van der Waals surface area contributed by atoms with Crippen LogP contribution in [0.25, 0.3) is 0 Å². The molecule has 146 valence electrons. The van der Waals surface area contributed by atoms with Crippen molar-refractivity contribution in [2.75, 3.05) is 11.1 Å². The molecule has 0 saturated heterocycles. The fraction of sp³-hybridized carbons (Fsp3) is 0.381. The molecular formula is C21H22BrN3O2S. The van der Waals surface area contributed by atoms with Gasteiger partial charge in [0, 0.05) is 33.8 Å². The second-order valence-corrected chi connectivity index (χ2v) is 9.54. The summed E-state index contributed by atoms with van der Waals surface area (Å²) < 4.78 is 0.960. The third-order valence-corrected chi connectivity index (χ3v) is 6.82. The van der Waals surface area contributed by atoms with Crippen LogP contribution in [0.3, 0.4) is 0 Å². The Bertz CT molecular complexity index is 1010. The van der Waals surface area contributed by atoms with Crippen molar-refractivity contribution in [2.45, 2.75) is 44.2 Å². The number of aromatic nitrogens is 2. The van der Waals surface area contributed by atoms with E-state index in [-0.39, 0.29) is 17.3 Å². The van der Waals surface area contributed by atoms with E-state index in [4.69, 9.17) is 4.98 Å². The second kappa shape index (κ2) is 7.87. The number of anilines is 1. The van der Waals surface area contributed by atoms with Gasteiger partial charge in [-0.05, 0) is 36.5 Å². The number of H-pyrrole nitrogens is 1. The van der Waals surface area contributed by atoms with Crippen LogP contribution in [0.5, 0.6) is 0 Å². The van der Waals surface area contributed by atoms with Crippen molar-refractivity contribution < 1.29 is 4.79 Å². The Morgan fingerprint density at radius 3 is 2.68 bits per heavy atom. The van der Waals surface area contributed by atoms with Crippen LogP contribution in [0.2, 0.25) is 0 Å². The highest BCUT2D eigenvalue weighted by molar-refractivity contribution is 9.10. The maximum Gasteiger partial charge on any atom is 0.257 e. The lowest BCUT2D eigenvalue weighted by Crippen LogP contribution is -2.32. The number of fused-ring (bicyclic) bond motifs is 1. The lowest BCUT2D eigenvalue weighted by molar-refractivity contribution is -0.116. The van der Waals surface area contributed by atoms with Gasteiger partial charge < -0.3 is 10.3 Å². The van der Waals surface area contributed by atoms with Gasteiger partial charge in [-0.2, -0.15) is 0 Å². The van der Waals surface area contributed by atoms with Crippen LogP contribution in [0, 0.1) is 5.92 Å². The number of thioether (sulfide) groups is 1. The summed E-state index contributed by atoms with van der Waals surface area (Å²) in [6, 6.07) is 7.83. The van der Waals surface area contributed by atoms with Gasteiger partial charge in [-0.15, -0.1) is 0 Å². The first-order chi connectivity index (χ1) is 13.4. The van der Waals surface area contributed by atoms with E-state index in [2.05, 4.69) is 40.1 Å². The average Bonchev–Trinajstić information content (AvgIpc) is 2.66. The Morgan fingerprint density at radius 1 is 1.21 bits per heavy atom. The summed E-state index contributed by atoms with van der Waals surface area (Å²) in [6.45, 7) is 4.27. The molecule has 5 nitrogen and oxygen atoms in total. The van der Waals surface area contributed by atoms with Gasteiger partial charge in [-0.1, -0.05) is 53.7 Å². The summed E-state index contributed by atoms with van der Waals surface area (Å²) in [7, 11) is 0. The summed E-state index contributed by atoms with van der Waals surface area (Å²) in [5.74, 6) is 1.69. The van der Waals surface area contributed by atoms with Crippen molar-refractivity contribution >= 4 is 39.3 Å². The van der Waals surface area contributed by atoms with Crippen molar-refractivity contribution in [1.82, 2.24) is 9.97 Å². The predicted octanol–water partition coefficient (Wildman–Crippen LogP) is 4.85. The van der Waals surface area contributed by atoms with E-state index in [1.54, 1.807) is 11.8 Å². The quantitative estimate of drug-likeness (QED) is 0.504. The standard InChI is InChI=1S/C21H22BrN3O2S/c1-11(2)10-28-21-24-19-18(20(27)25-21)16(12-6-8-13(22)9-7-12)17-14(23-19)4-3-5-15(17)26/h6-9,11,16H,3-5,10H2,1-2H3,(H2,23,24,25,27)/t16-/m1/s1. The molecule has 0 unspecified atom stereocenters. The third-order valence-electron chi connectivity index (χ3n) is 4.99. The molecule has 2 heterocycles. The van der Waals surface area contributed by atoms with Crippen LogP contribution in [0.15, 0.2) is 50.0 Å². The van der Waals surface area contributed by atoms with Crippen LogP contribution in [0.4, 0.5) is 5.82 Å². The number of nitrogens with zero attached hydrogens (tertiary/aromatic N) is 1. The number of carbonyl (C=O) groups excluding carboxylic acids is 1. The topological polar surface area (TPSA) is 74.8 Å². The van der Waals surface area contributed by atoms with Crippen molar-refractivity contribution in [3.05, 3.63) is 61.5 Å². The van der Waals surface area contributed by atoms with Gasteiger partial charge in [-0.3, -0.25) is 9.59 Å². The molecule has 2 aliphatic rings. The molecule has 0 radical (unpaired) electrons. The molecule has 0 fully saturated rings. The third kappa shape index (κ3) is 3.70. The van der Waals surface area contributed by atoms with E-state index >= 15 is 0 Å². The number of hydrogen-bond acceptors (Lipinski definition) is 5. The number of nitrogens with one attached hydrogen (secondary N) is 2. The van der Waals surface area contributed by atoms with E-state index in [9.17, 15) is 9.59 Å². The highest BCUT2D eigenvalue weighted by Gasteiger charge is 2.37. The van der Waals surface area contributed by atoms with E-state index in [1.165, 1.54) is 0 Å². The van der Waals surface area contributed by atoms with Crippen LogP contribution < -0.4 is 10.9 Å². The number of benzene rings is 1. The van der Waals surface area contributed by atoms with Gasteiger partial charge in [0.25, 0.3) is 5.56 Å². The molecule has 2 aromatic rings. The Morgan fingerprint density at radius 2 is 1.96 bits per heavy atom. The lowest BCUT2D eigenvalue weighted by atomic mass is 9.76. The fourth-order valence-corrected chi connectivity index (χ4v) is 4.82. The second-order valence-electron chi connectivity index (χ2n) is 7.62. The summed E-state index contributed by atoms with van der Waals surface area (Å²) >= 11 is 5.01. The van der Waals surface area contributed by atoms with Crippen LogP contribution in [-0.2, 0) is 4.79 Å². The van der Waals surface area contributed by atoms with Gasteiger partial charge in [-0.25, -0.2) is 4.98 Å².